The SMILES string of the molecule is COc1cc(-c2ccccc2)[s+]c2ccccc12.O=[N+]([O-])c1ccccc1S(=O)(=O)[O-]. The van der Waals surface area contributed by atoms with Gasteiger partial charge >= 0.3 is 0 Å². The average molecular weight is 456 g/mol. The van der Waals surface area contributed by atoms with Gasteiger partial charge in [-0.15, -0.1) is 0 Å². The van der Waals surface area contributed by atoms with Crippen LogP contribution >= 0.6 is 11.3 Å². The number of fused-ring (bicyclic) bond motifs is 1. The summed E-state index contributed by atoms with van der Waals surface area (Å²) in [5.74, 6) is 0.934. The molecule has 0 radical (unpaired) electrons. The van der Waals surface area contributed by atoms with E-state index in [1.54, 1.807) is 18.4 Å². The summed E-state index contributed by atoms with van der Waals surface area (Å²) in [4.78, 5) is 9.78. The summed E-state index contributed by atoms with van der Waals surface area (Å²) in [5.41, 5.74) is 0.532. The lowest BCUT2D eigenvalue weighted by Gasteiger charge is -2.06. The molecule has 0 unspecified atom stereocenters. The van der Waals surface area contributed by atoms with Crippen molar-refractivity contribution in [3.05, 3.63) is 95.0 Å². The molecule has 0 spiro atoms. The van der Waals surface area contributed by atoms with Gasteiger partial charge in [-0.1, -0.05) is 42.5 Å². The Morgan fingerprint density at radius 2 is 1.52 bits per heavy atom. The van der Waals surface area contributed by atoms with Crippen LogP contribution in [0, 0.1) is 10.1 Å². The molecular weight excluding hydrogens is 438 g/mol. The predicted molar refractivity (Wildman–Crippen MR) is 119 cm³/mol. The molecule has 0 saturated heterocycles. The van der Waals surface area contributed by atoms with Gasteiger partial charge in [0.25, 0.3) is 5.69 Å². The molecule has 0 bridgehead atoms. The Morgan fingerprint density at radius 3 is 2.13 bits per heavy atom. The maximum absolute atomic E-state index is 10.5. The van der Waals surface area contributed by atoms with E-state index < -0.39 is 25.6 Å². The van der Waals surface area contributed by atoms with Crippen LogP contribution < -0.4 is 4.74 Å². The smallest absolute Gasteiger partial charge is 0.286 e. The number of ether oxygens (including phenoxy) is 1. The number of hydrogen-bond acceptors (Lipinski definition) is 6. The standard InChI is InChI=1S/C16H13OS.C6H5NO5S/c1-17-14-11-16(12-7-3-2-4-8-12)18-15-10-6-5-9-13(14)15;8-7(9)5-3-1-2-4-6(5)13(10,11)12/h2-11H,1H3;1-4H,(H,10,11,12)/q+1;/p-1. The Balaban J connectivity index is 0.000000187. The van der Waals surface area contributed by atoms with Gasteiger partial charge in [-0.3, -0.25) is 10.1 Å². The van der Waals surface area contributed by atoms with Crippen LogP contribution in [0.3, 0.4) is 0 Å². The monoisotopic (exact) mass is 455 g/mol. The Bertz CT molecular complexity index is 1320. The van der Waals surface area contributed by atoms with E-state index in [4.69, 9.17) is 4.74 Å². The minimum Gasteiger partial charge on any atom is -0.744 e. The quantitative estimate of drug-likeness (QED) is 0.177. The highest BCUT2D eigenvalue weighted by Gasteiger charge is 2.18. The fourth-order valence-corrected chi connectivity index (χ4v) is 4.56. The van der Waals surface area contributed by atoms with E-state index in [-0.39, 0.29) is 0 Å². The molecule has 7 nitrogen and oxygen atoms in total. The first kappa shape index (κ1) is 22.3. The van der Waals surface area contributed by atoms with Crippen LogP contribution in [0.25, 0.3) is 20.5 Å². The van der Waals surface area contributed by atoms with Crippen LogP contribution in [0.5, 0.6) is 5.75 Å². The van der Waals surface area contributed by atoms with E-state index in [1.807, 2.05) is 12.1 Å². The van der Waals surface area contributed by atoms with Crippen LogP contribution in [0.2, 0.25) is 0 Å². The second-order valence-electron chi connectivity index (χ2n) is 6.22. The Morgan fingerprint density at radius 1 is 0.903 bits per heavy atom. The molecule has 0 amide bonds. The molecule has 3 aromatic carbocycles. The van der Waals surface area contributed by atoms with Crippen LogP contribution in [0.1, 0.15) is 0 Å². The minimum atomic E-state index is -4.77. The average Bonchev–Trinajstić information content (AvgIpc) is 2.78. The molecule has 0 fully saturated rings. The Hall–Kier alpha value is -3.40. The largest absolute Gasteiger partial charge is 0.744 e. The van der Waals surface area contributed by atoms with Crippen LogP contribution in [-0.4, -0.2) is 25.0 Å². The molecule has 4 rings (SSSR count). The highest BCUT2D eigenvalue weighted by molar-refractivity contribution is 7.85. The lowest BCUT2D eigenvalue weighted by Crippen LogP contribution is -2.02. The summed E-state index contributed by atoms with van der Waals surface area (Å²) in [5, 5.41) is 11.4. The topological polar surface area (TPSA) is 110 Å². The third-order valence-corrected chi connectivity index (χ3v) is 6.28. The van der Waals surface area contributed by atoms with Crippen LogP contribution in [0.15, 0.2) is 89.8 Å². The number of para-hydroxylation sites is 1. The lowest BCUT2D eigenvalue weighted by atomic mass is 10.1. The van der Waals surface area contributed by atoms with Crippen molar-refractivity contribution in [1.29, 1.82) is 0 Å². The van der Waals surface area contributed by atoms with Crippen molar-refractivity contribution >= 4 is 37.2 Å². The Labute approximate surface area is 183 Å². The second-order valence-corrected chi connectivity index (χ2v) is 8.65. The van der Waals surface area contributed by atoms with Crippen molar-refractivity contribution in [3.8, 4) is 16.2 Å². The molecule has 4 aromatic rings. The number of rotatable bonds is 4. The van der Waals surface area contributed by atoms with Crippen molar-refractivity contribution < 1.29 is 22.6 Å². The third-order valence-electron chi connectivity index (χ3n) is 4.24. The number of benzene rings is 3. The number of hydrogen-bond donors (Lipinski definition) is 0. The molecule has 0 aliphatic heterocycles. The van der Waals surface area contributed by atoms with Crippen molar-refractivity contribution in [1.82, 2.24) is 0 Å². The van der Waals surface area contributed by atoms with Gasteiger partial charge in [0.05, 0.1) is 17.4 Å². The summed E-state index contributed by atoms with van der Waals surface area (Å²) in [7, 11) is -3.05. The van der Waals surface area contributed by atoms with Crippen LogP contribution in [0.4, 0.5) is 5.69 Å². The molecule has 31 heavy (non-hydrogen) atoms. The maximum Gasteiger partial charge on any atom is 0.286 e. The van der Waals surface area contributed by atoms with Gasteiger partial charge in [0.15, 0.2) is 0 Å². The second kappa shape index (κ2) is 9.61. The fourth-order valence-electron chi connectivity index (χ4n) is 2.84. The van der Waals surface area contributed by atoms with Gasteiger partial charge < -0.3 is 9.29 Å². The van der Waals surface area contributed by atoms with Crippen molar-refractivity contribution in [3.63, 3.8) is 0 Å². The summed E-state index contributed by atoms with van der Waals surface area (Å²) in [6, 6.07) is 25.2. The third kappa shape index (κ3) is 5.40. The van der Waals surface area contributed by atoms with Gasteiger partial charge in [0.1, 0.15) is 20.8 Å². The van der Waals surface area contributed by atoms with Gasteiger partial charge in [-0.25, -0.2) is 8.42 Å². The molecule has 158 valence electrons. The highest BCUT2D eigenvalue weighted by Crippen LogP contribution is 2.36. The molecule has 0 aliphatic rings. The first-order valence-electron chi connectivity index (χ1n) is 8.96. The van der Waals surface area contributed by atoms with E-state index in [0.717, 1.165) is 17.9 Å². The fraction of sp³-hybridized carbons (Fsp3) is 0.0455. The molecule has 9 heteroatoms. The van der Waals surface area contributed by atoms with Crippen molar-refractivity contribution in [2.45, 2.75) is 4.90 Å². The summed E-state index contributed by atoms with van der Waals surface area (Å²) in [6.45, 7) is 0. The number of nitro benzene ring substituents is 1. The molecular formula is C22H17NO6S2. The molecule has 0 atom stereocenters. The van der Waals surface area contributed by atoms with E-state index in [0.29, 0.717) is 0 Å². The summed E-state index contributed by atoms with van der Waals surface area (Å²) in [6.07, 6.45) is 0. The molecule has 0 N–H and O–H groups in total. The zero-order valence-electron chi connectivity index (χ0n) is 16.3. The van der Waals surface area contributed by atoms with E-state index in [9.17, 15) is 23.1 Å². The molecule has 1 aromatic heterocycles. The highest BCUT2D eigenvalue weighted by atomic mass is 32.2. The van der Waals surface area contributed by atoms with E-state index in [2.05, 4.69) is 48.5 Å². The summed E-state index contributed by atoms with van der Waals surface area (Å²) >= 11 is 1.79. The van der Waals surface area contributed by atoms with Crippen molar-refractivity contribution in [2.24, 2.45) is 0 Å². The van der Waals surface area contributed by atoms with Crippen LogP contribution in [-0.2, 0) is 10.1 Å². The van der Waals surface area contributed by atoms with Gasteiger partial charge in [0.2, 0.25) is 20.9 Å². The Kier molecular flexibility index (Phi) is 6.91. The normalized spacial score (nSPS) is 10.8. The van der Waals surface area contributed by atoms with Gasteiger partial charge in [0, 0.05) is 23.8 Å². The number of nitrogens with zero attached hydrogens (tertiary/aromatic N) is 1. The number of methoxy groups -OCH3 is 1. The first-order chi connectivity index (χ1) is 14.8. The number of nitro groups is 1. The zero-order valence-corrected chi connectivity index (χ0v) is 17.9. The van der Waals surface area contributed by atoms with E-state index >= 15 is 0 Å². The van der Waals surface area contributed by atoms with Gasteiger partial charge in [-0.2, -0.15) is 0 Å². The van der Waals surface area contributed by atoms with Crippen molar-refractivity contribution in [2.75, 3.05) is 7.11 Å². The molecule has 0 saturated carbocycles. The summed E-state index contributed by atoms with van der Waals surface area (Å²) < 4.78 is 38.2. The molecule has 0 aliphatic carbocycles. The molecule has 1 heterocycles. The predicted octanol–water partition coefficient (Wildman–Crippen LogP) is 5.36. The zero-order chi connectivity index (χ0) is 22.4. The van der Waals surface area contributed by atoms with Gasteiger partial charge in [-0.05, 0) is 24.3 Å². The van der Waals surface area contributed by atoms with E-state index in [1.165, 1.54) is 32.7 Å². The lowest BCUT2D eigenvalue weighted by molar-refractivity contribution is -0.387. The minimum absolute atomic E-state index is 0.697. The first-order valence-corrected chi connectivity index (χ1v) is 11.2. The maximum atomic E-state index is 10.5.